The van der Waals surface area contributed by atoms with Crippen molar-refractivity contribution in [1.29, 1.82) is 0 Å². The Bertz CT molecular complexity index is 916. The molecule has 0 fully saturated rings. The molecule has 5 nitrogen and oxygen atoms in total. The van der Waals surface area contributed by atoms with Crippen LogP contribution < -0.4 is 10.0 Å². The van der Waals surface area contributed by atoms with Crippen LogP contribution in [0.2, 0.25) is 0 Å². The lowest BCUT2D eigenvalue weighted by molar-refractivity contribution is 0.0950. The molecule has 0 aliphatic carbocycles. The maximum atomic E-state index is 12.3. The summed E-state index contributed by atoms with van der Waals surface area (Å²) in [6.45, 7) is 0.501. The zero-order valence-electron chi connectivity index (χ0n) is 12.2. The van der Waals surface area contributed by atoms with Crippen LogP contribution in [0.5, 0.6) is 0 Å². The van der Waals surface area contributed by atoms with Crippen LogP contribution in [0.15, 0.2) is 58.5 Å². The molecule has 1 aromatic heterocycles. The van der Waals surface area contributed by atoms with Gasteiger partial charge in [-0.05, 0) is 59.3 Å². The van der Waals surface area contributed by atoms with Gasteiger partial charge in [0.05, 0.1) is 16.9 Å². The van der Waals surface area contributed by atoms with Crippen LogP contribution in [0.4, 0.5) is 5.69 Å². The molecule has 1 amide bonds. The Balaban J connectivity index is 1.48. The molecule has 1 aliphatic rings. The van der Waals surface area contributed by atoms with Crippen molar-refractivity contribution in [2.75, 3.05) is 0 Å². The normalized spacial score (nSPS) is 12.7. The molecule has 23 heavy (non-hydrogen) atoms. The van der Waals surface area contributed by atoms with Crippen LogP contribution >= 0.6 is 11.9 Å². The van der Waals surface area contributed by atoms with E-state index < -0.39 is 0 Å². The van der Waals surface area contributed by atoms with E-state index in [1.54, 1.807) is 12.4 Å². The van der Waals surface area contributed by atoms with E-state index >= 15 is 0 Å². The SMILES string of the molecule is O=C(NCc1ccc2[nH]ccc2c1)c1ccc2c(c1)SNC=N2. The van der Waals surface area contributed by atoms with E-state index in [9.17, 15) is 4.79 Å². The molecule has 0 atom stereocenters. The Kier molecular flexibility index (Phi) is 3.51. The fourth-order valence-corrected chi connectivity index (χ4v) is 3.17. The molecule has 0 saturated heterocycles. The molecule has 0 saturated carbocycles. The van der Waals surface area contributed by atoms with E-state index in [0.29, 0.717) is 12.1 Å². The molecular formula is C17H14N4OS. The van der Waals surface area contributed by atoms with Crippen molar-refractivity contribution in [3.8, 4) is 0 Å². The summed E-state index contributed by atoms with van der Waals surface area (Å²) >= 11 is 1.45. The van der Waals surface area contributed by atoms with Crippen LogP contribution in [0.3, 0.4) is 0 Å². The summed E-state index contributed by atoms with van der Waals surface area (Å²) in [5.41, 5.74) is 3.69. The minimum atomic E-state index is -0.0860. The van der Waals surface area contributed by atoms with Crippen molar-refractivity contribution in [2.24, 2.45) is 4.99 Å². The van der Waals surface area contributed by atoms with Crippen molar-refractivity contribution in [3.05, 3.63) is 59.8 Å². The molecule has 1 aliphatic heterocycles. The number of benzene rings is 2. The highest BCUT2D eigenvalue weighted by Crippen LogP contribution is 2.30. The predicted molar refractivity (Wildman–Crippen MR) is 93.1 cm³/mol. The molecule has 2 aromatic carbocycles. The second-order valence-corrected chi connectivity index (χ2v) is 6.12. The zero-order chi connectivity index (χ0) is 15.6. The molecule has 3 N–H and O–H groups in total. The van der Waals surface area contributed by atoms with Gasteiger partial charge in [0.1, 0.15) is 0 Å². The smallest absolute Gasteiger partial charge is 0.251 e. The Morgan fingerprint density at radius 1 is 1.17 bits per heavy atom. The van der Waals surface area contributed by atoms with Gasteiger partial charge in [-0.25, -0.2) is 4.99 Å². The average molecular weight is 322 g/mol. The highest BCUT2D eigenvalue weighted by molar-refractivity contribution is 7.98. The van der Waals surface area contributed by atoms with Gasteiger partial charge in [0.2, 0.25) is 0 Å². The second kappa shape index (κ2) is 5.81. The van der Waals surface area contributed by atoms with E-state index in [1.165, 1.54) is 11.9 Å². The molecule has 114 valence electrons. The van der Waals surface area contributed by atoms with Gasteiger partial charge in [-0.1, -0.05) is 6.07 Å². The molecule has 2 heterocycles. The first-order chi connectivity index (χ1) is 11.3. The maximum absolute atomic E-state index is 12.3. The quantitative estimate of drug-likeness (QED) is 0.648. The van der Waals surface area contributed by atoms with Crippen molar-refractivity contribution in [2.45, 2.75) is 11.4 Å². The van der Waals surface area contributed by atoms with Crippen LogP contribution in [0, 0.1) is 0 Å². The highest BCUT2D eigenvalue weighted by atomic mass is 32.2. The zero-order valence-corrected chi connectivity index (χ0v) is 13.0. The molecule has 4 rings (SSSR count). The molecule has 0 spiro atoms. The van der Waals surface area contributed by atoms with Gasteiger partial charge in [0.15, 0.2) is 0 Å². The number of carbonyl (C=O) groups excluding carboxylic acids is 1. The van der Waals surface area contributed by atoms with Gasteiger partial charge in [0, 0.05) is 23.8 Å². The number of aromatic amines is 1. The number of rotatable bonds is 3. The largest absolute Gasteiger partial charge is 0.361 e. The van der Waals surface area contributed by atoms with E-state index in [4.69, 9.17) is 0 Å². The first-order valence-electron chi connectivity index (χ1n) is 7.23. The summed E-state index contributed by atoms with van der Waals surface area (Å²) in [5, 5.41) is 4.11. The third-order valence-electron chi connectivity index (χ3n) is 3.72. The van der Waals surface area contributed by atoms with Gasteiger partial charge in [-0.2, -0.15) is 0 Å². The summed E-state index contributed by atoms with van der Waals surface area (Å²) < 4.78 is 2.97. The Morgan fingerprint density at radius 2 is 2.13 bits per heavy atom. The van der Waals surface area contributed by atoms with E-state index in [2.05, 4.69) is 26.1 Å². The summed E-state index contributed by atoms with van der Waals surface area (Å²) in [6, 6.07) is 13.7. The maximum Gasteiger partial charge on any atom is 0.251 e. The number of fused-ring (bicyclic) bond motifs is 2. The van der Waals surface area contributed by atoms with Crippen molar-refractivity contribution >= 4 is 40.8 Å². The molecule has 0 unspecified atom stereocenters. The first-order valence-corrected chi connectivity index (χ1v) is 8.04. The minimum absolute atomic E-state index is 0.0860. The van der Waals surface area contributed by atoms with Gasteiger partial charge >= 0.3 is 0 Å². The van der Waals surface area contributed by atoms with Gasteiger partial charge < -0.3 is 15.0 Å². The fourth-order valence-electron chi connectivity index (χ4n) is 2.53. The van der Waals surface area contributed by atoms with Crippen LogP contribution in [0.1, 0.15) is 15.9 Å². The number of amides is 1. The molecule has 0 bridgehead atoms. The van der Waals surface area contributed by atoms with E-state index in [-0.39, 0.29) is 5.91 Å². The number of nitrogens with zero attached hydrogens (tertiary/aromatic N) is 1. The number of hydrogen-bond acceptors (Lipinski definition) is 4. The molecular weight excluding hydrogens is 308 g/mol. The summed E-state index contributed by atoms with van der Waals surface area (Å²) in [6.07, 6.45) is 3.55. The van der Waals surface area contributed by atoms with Crippen molar-refractivity contribution < 1.29 is 4.79 Å². The number of hydrogen-bond donors (Lipinski definition) is 3. The Labute approximate surface area is 137 Å². The standard InChI is InChI=1S/C17H14N4OS/c22-17(13-2-4-15-16(8-13)23-21-10-20-15)19-9-11-1-3-14-12(7-11)5-6-18-14/h1-8,10,18H,9H2,(H,19,22)(H,20,21). The second-order valence-electron chi connectivity index (χ2n) is 5.24. The van der Waals surface area contributed by atoms with E-state index in [0.717, 1.165) is 27.0 Å². The predicted octanol–water partition coefficient (Wildman–Crippen LogP) is 3.37. The van der Waals surface area contributed by atoms with Gasteiger partial charge in [-0.3, -0.25) is 4.79 Å². The first kappa shape index (κ1) is 13.9. The third kappa shape index (κ3) is 2.80. The summed E-state index contributed by atoms with van der Waals surface area (Å²) in [7, 11) is 0. The molecule has 3 aromatic rings. The number of nitrogens with one attached hydrogen (secondary N) is 3. The van der Waals surface area contributed by atoms with Crippen LogP contribution in [-0.4, -0.2) is 17.2 Å². The lowest BCUT2D eigenvalue weighted by atomic mass is 10.1. The average Bonchev–Trinajstić information content (AvgIpc) is 3.07. The Morgan fingerprint density at radius 3 is 3.09 bits per heavy atom. The Hall–Kier alpha value is -2.73. The number of carbonyl (C=O) groups is 1. The summed E-state index contributed by atoms with van der Waals surface area (Å²) in [4.78, 5) is 20.7. The van der Waals surface area contributed by atoms with Crippen LogP contribution in [-0.2, 0) is 6.54 Å². The van der Waals surface area contributed by atoms with Gasteiger partial charge in [0.25, 0.3) is 5.91 Å². The van der Waals surface area contributed by atoms with Crippen molar-refractivity contribution in [1.82, 2.24) is 15.0 Å². The molecule has 6 heteroatoms. The topological polar surface area (TPSA) is 69.3 Å². The fraction of sp³-hybridized carbons (Fsp3) is 0.0588. The van der Waals surface area contributed by atoms with Crippen molar-refractivity contribution in [3.63, 3.8) is 0 Å². The number of aliphatic imine (C=N–C) groups is 1. The minimum Gasteiger partial charge on any atom is -0.361 e. The number of aromatic nitrogens is 1. The lowest BCUT2D eigenvalue weighted by Crippen LogP contribution is -2.22. The third-order valence-corrected chi connectivity index (χ3v) is 4.49. The monoisotopic (exact) mass is 322 g/mol. The lowest BCUT2D eigenvalue weighted by Gasteiger charge is -2.12. The summed E-state index contributed by atoms with van der Waals surface area (Å²) in [5.74, 6) is -0.0860. The van der Waals surface area contributed by atoms with Gasteiger partial charge in [-0.15, -0.1) is 0 Å². The highest BCUT2D eigenvalue weighted by Gasteiger charge is 2.11. The number of H-pyrrole nitrogens is 1. The van der Waals surface area contributed by atoms with Crippen LogP contribution in [0.25, 0.3) is 10.9 Å². The molecule has 0 radical (unpaired) electrons. The van der Waals surface area contributed by atoms with E-state index in [1.807, 2.05) is 36.5 Å².